The number of imide groups is 1. The van der Waals surface area contributed by atoms with Gasteiger partial charge in [0.05, 0.1) is 17.7 Å². The number of hydrogen-bond donors (Lipinski definition) is 0. The fourth-order valence-corrected chi connectivity index (χ4v) is 3.43. The van der Waals surface area contributed by atoms with Gasteiger partial charge in [0, 0.05) is 11.1 Å². The van der Waals surface area contributed by atoms with Gasteiger partial charge in [-0.25, -0.2) is 4.98 Å². The highest BCUT2D eigenvalue weighted by Crippen LogP contribution is 2.28. The number of aromatic nitrogens is 1. The largest absolute Gasteiger partial charge is 0.465 e. The highest BCUT2D eigenvalue weighted by molar-refractivity contribution is 7.13. The number of benzene rings is 2. The van der Waals surface area contributed by atoms with Crippen molar-refractivity contribution in [2.24, 2.45) is 0 Å². The SMILES string of the molecule is O=C1c2ccccc2C(=O)N1Cc1cnc(OCc2ccccc2)s1. The molecule has 2 amide bonds. The van der Waals surface area contributed by atoms with Crippen molar-refractivity contribution in [1.29, 1.82) is 0 Å². The van der Waals surface area contributed by atoms with E-state index in [-0.39, 0.29) is 18.4 Å². The first-order chi connectivity index (χ1) is 12.2. The van der Waals surface area contributed by atoms with Crippen LogP contribution < -0.4 is 4.74 Å². The second-order valence-electron chi connectivity index (χ2n) is 5.61. The Kier molecular flexibility index (Phi) is 4.03. The van der Waals surface area contributed by atoms with E-state index in [1.165, 1.54) is 16.2 Å². The Morgan fingerprint density at radius 1 is 0.920 bits per heavy atom. The Morgan fingerprint density at radius 3 is 2.24 bits per heavy atom. The van der Waals surface area contributed by atoms with Crippen molar-refractivity contribution in [3.63, 3.8) is 0 Å². The number of ether oxygens (including phenoxy) is 1. The third-order valence-corrected chi connectivity index (χ3v) is 4.82. The summed E-state index contributed by atoms with van der Waals surface area (Å²) in [4.78, 5) is 31.0. The fraction of sp³-hybridized carbons (Fsp3) is 0.105. The molecule has 0 atom stereocenters. The molecule has 2 heterocycles. The number of rotatable bonds is 5. The molecular formula is C19H14N2O3S. The lowest BCUT2D eigenvalue weighted by Gasteiger charge is -2.11. The fourth-order valence-electron chi connectivity index (χ4n) is 2.69. The lowest BCUT2D eigenvalue weighted by molar-refractivity contribution is 0.0644. The van der Waals surface area contributed by atoms with Gasteiger partial charge in [-0.2, -0.15) is 0 Å². The first-order valence-electron chi connectivity index (χ1n) is 7.79. The van der Waals surface area contributed by atoms with Gasteiger partial charge < -0.3 is 4.74 Å². The molecule has 4 rings (SSSR count). The van der Waals surface area contributed by atoms with E-state index < -0.39 is 0 Å². The molecule has 1 aromatic heterocycles. The second-order valence-corrected chi connectivity index (χ2v) is 6.69. The molecule has 0 fully saturated rings. The minimum absolute atomic E-state index is 0.207. The van der Waals surface area contributed by atoms with Crippen LogP contribution in [0.4, 0.5) is 0 Å². The Labute approximate surface area is 148 Å². The van der Waals surface area contributed by atoms with Gasteiger partial charge >= 0.3 is 0 Å². The van der Waals surface area contributed by atoms with Crippen LogP contribution in [-0.4, -0.2) is 21.7 Å². The van der Waals surface area contributed by atoms with Crippen LogP contribution in [0.5, 0.6) is 5.19 Å². The molecule has 0 N–H and O–H groups in total. The summed E-state index contributed by atoms with van der Waals surface area (Å²) in [6.07, 6.45) is 1.65. The number of nitrogens with zero attached hydrogens (tertiary/aromatic N) is 2. The van der Waals surface area contributed by atoms with Crippen molar-refractivity contribution in [1.82, 2.24) is 9.88 Å². The third-order valence-electron chi connectivity index (χ3n) is 3.93. The molecule has 0 bridgehead atoms. The zero-order valence-corrected chi connectivity index (χ0v) is 14.0. The summed E-state index contributed by atoms with van der Waals surface area (Å²) in [5, 5.41) is 0.524. The maximum atomic E-state index is 12.4. The minimum Gasteiger partial charge on any atom is -0.465 e. The van der Waals surface area contributed by atoms with Gasteiger partial charge in [-0.05, 0) is 17.7 Å². The smallest absolute Gasteiger partial charge is 0.273 e. The topological polar surface area (TPSA) is 59.5 Å². The van der Waals surface area contributed by atoms with E-state index in [0.29, 0.717) is 22.9 Å². The van der Waals surface area contributed by atoms with Crippen molar-refractivity contribution < 1.29 is 14.3 Å². The number of thiazole rings is 1. The zero-order valence-electron chi connectivity index (χ0n) is 13.2. The van der Waals surface area contributed by atoms with Gasteiger partial charge in [-0.1, -0.05) is 53.8 Å². The molecule has 1 aliphatic heterocycles. The van der Waals surface area contributed by atoms with Gasteiger partial charge in [-0.15, -0.1) is 0 Å². The zero-order chi connectivity index (χ0) is 17.2. The number of hydrogen-bond acceptors (Lipinski definition) is 5. The van der Waals surface area contributed by atoms with Crippen LogP contribution in [0.2, 0.25) is 0 Å². The Morgan fingerprint density at radius 2 is 1.56 bits per heavy atom. The summed E-state index contributed by atoms with van der Waals surface area (Å²) in [6, 6.07) is 16.7. The first-order valence-corrected chi connectivity index (χ1v) is 8.60. The first kappa shape index (κ1) is 15.5. The van der Waals surface area contributed by atoms with Gasteiger partial charge in [0.15, 0.2) is 0 Å². The Hall–Kier alpha value is -2.99. The molecule has 6 heteroatoms. The minimum atomic E-state index is -0.263. The highest BCUT2D eigenvalue weighted by atomic mass is 32.1. The molecule has 0 radical (unpaired) electrons. The van der Waals surface area contributed by atoms with Crippen molar-refractivity contribution in [3.05, 3.63) is 82.4 Å². The van der Waals surface area contributed by atoms with Gasteiger partial charge in [-0.3, -0.25) is 14.5 Å². The average molecular weight is 350 g/mol. The lowest BCUT2D eigenvalue weighted by Crippen LogP contribution is -2.28. The maximum Gasteiger partial charge on any atom is 0.273 e. The molecular weight excluding hydrogens is 336 g/mol. The number of fused-ring (bicyclic) bond motifs is 1. The van der Waals surface area contributed by atoms with E-state index in [1.54, 1.807) is 30.5 Å². The molecule has 0 saturated heterocycles. The van der Waals surface area contributed by atoms with Gasteiger partial charge in [0.2, 0.25) is 0 Å². The molecule has 5 nitrogen and oxygen atoms in total. The maximum absolute atomic E-state index is 12.4. The van der Waals surface area contributed by atoms with Crippen LogP contribution in [0.15, 0.2) is 60.8 Å². The van der Waals surface area contributed by atoms with E-state index in [2.05, 4.69) is 4.98 Å². The van der Waals surface area contributed by atoms with Crippen molar-refractivity contribution in [2.75, 3.05) is 0 Å². The predicted octanol–water partition coefficient (Wildman–Crippen LogP) is 3.52. The molecule has 0 unspecified atom stereocenters. The van der Waals surface area contributed by atoms with E-state index in [1.807, 2.05) is 30.3 Å². The van der Waals surface area contributed by atoms with E-state index in [9.17, 15) is 9.59 Å². The Balaban J connectivity index is 1.44. The number of carbonyl (C=O) groups is 2. The van der Waals surface area contributed by atoms with Gasteiger partial charge in [0.25, 0.3) is 17.0 Å². The van der Waals surface area contributed by atoms with E-state index in [4.69, 9.17) is 4.74 Å². The molecule has 25 heavy (non-hydrogen) atoms. The summed E-state index contributed by atoms with van der Waals surface area (Å²) in [5.74, 6) is -0.526. The normalized spacial score (nSPS) is 13.2. The summed E-state index contributed by atoms with van der Waals surface area (Å²) < 4.78 is 5.67. The molecule has 2 aromatic carbocycles. The number of amides is 2. The van der Waals surface area contributed by atoms with Crippen LogP contribution >= 0.6 is 11.3 Å². The van der Waals surface area contributed by atoms with Crippen molar-refractivity contribution in [3.8, 4) is 5.19 Å². The van der Waals surface area contributed by atoms with E-state index in [0.717, 1.165) is 10.4 Å². The molecule has 3 aromatic rings. The van der Waals surface area contributed by atoms with Crippen LogP contribution in [0.3, 0.4) is 0 Å². The molecule has 0 saturated carbocycles. The third kappa shape index (κ3) is 3.04. The van der Waals surface area contributed by atoms with Crippen LogP contribution in [0.1, 0.15) is 31.2 Å². The summed E-state index contributed by atoms with van der Waals surface area (Å²) in [7, 11) is 0. The van der Waals surface area contributed by atoms with E-state index >= 15 is 0 Å². The monoisotopic (exact) mass is 350 g/mol. The average Bonchev–Trinajstić information content (AvgIpc) is 3.20. The summed E-state index contributed by atoms with van der Waals surface area (Å²) in [6.45, 7) is 0.638. The highest BCUT2D eigenvalue weighted by Gasteiger charge is 2.35. The summed E-state index contributed by atoms with van der Waals surface area (Å²) >= 11 is 1.34. The molecule has 0 spiro atoms. The standard InChI is InChI=1S/C19H14N2O3S/c22-17-15-8-4-5-9-16(15)18(23)21(17)11-14-10-20-19(25-14)24-12-13-6-2-1-3-7-13/h1-10H,11-12H2. The molecule has 0 aliphatic carbocycles. The predicted molar refractivity (Wildman–Crippen MR) is 93.5 cm³/mol. The van der Waals surface area contributed by atoms with Crippen molar-refractivity contribution >= 4 is 23.2 Å². The van der Waals surface area contributed by atoms with Crippen LogP contribution in [0, 0.1) is 0 Å². The summed E-state index contributed by atoms with van der Waals surface area (Å²) in [5.41, 5.74) is 1.97. The molecule has 124 valence electrons. The number of carbonyl (C=O) groups excluding carboxylic acids is 2. The Bertz CT molecular complexity index is 902. The van der Waals surface area contributed by atoms with Crippen LogP contribution in [0.25, 0.3) is 0 Å². The van der Waals surface area contributed by atoms with Gasteiger partial charge in [0.1, 0.15) is 6.61 Å². The quantitative estimate of drug-likeness (QED) is 0.661. The second kappa shape index (κ2) is 6.49. The molecule has 1 aliphatic rings. The lowest BCUT2D eigenvalue weighted by atomic mass is 10.1. The van der Waals surface area contributed by atoms with Crippen molar-refractivity contribution in [2.45, 2.75) is 13.2 Å². The van der Waals surface area contributed by atoms with Crippen LogP contribution in [-0.2, 0) is 13.2 Å².